The Labute approximate surface area is 125 Å². The quantitative estimate of drug-likeness (QED) is 0.828. The van der Waals surface area contributed by atoms with E-state index in [1.54, 1.807) is 0 Å². The van der Waals surface area contributed by atoms with Crippen molar-refractivity contribution in [1.82, 2.24) is 9.55 Å². The molecule has 0 fully saturated rings. The first-order chi connectivity index (χ1) is 10.3. The molecule has 2 N–H and O–H groups in total. The predicted molar refractivity (Wildman–Crippen MR) is 83.9 cm³/mol. The van der Waals surface area contributed by atoms with E-state index in [0.29, 0.717) is 19.2 Å². The molecular formula is C16H23N3O2. The summed E-state index contributed by atoms with van der Waals surface area (Å²) in [7, 11) is 0. The highest BCUT2D eigenvalue weighted by Crippen LogP contribution is 2.35. The van der Waals surface area contributed by atoms with Crippen LogP contribution in [0.4, 0.5) is 5.95 Å². The third-order valence-electron chi connectivity index (χ3n) is 3.93. The van der Waals surface area contributed by atoms with Crippen molar-refractivity contribution in [2.75, 3.05) is 18.9 Å². The lowest BCUT2D eigenvalue weighted by atomic mass is 10.1. The van der Waals surface area contributed by atoms with Crippen LogP contribution in [0, 0.1) is 0 Å². The lowest BCUT2D eigenvalue weighted by Gasteiger charge is -2.18. The normalized spacial score (nSPS) is 13.8. The molecule has 5 heteroatoms. The van der Waals surface area contributed by atoms with E-state index in [1.165, 1.54) is 25.7 Å². The second kappa shape index (κ2) is 6.24. The number of nitrogens with two attached hydrogens (primary N) is 1. The van der Waals surface area contributed by atoms with Crippen molar-refractivity contribution in [2.24, 2.45) is 0 Å². The topological polar surface area (TPSA) is 62.3 Å². The van der Waals surface area contributed by atoms with Crippen LogP contribution in [-0.4, -0.2) is 22.8 Å². The average Bonchev–Trinajstić information content (AvgIpc) is 2.80. The average molecular weight is 289 g/mol. The van der Waals surface area contributed by atoms with Gasteiger partial charge in [0, 0.05) is 18.7 Å². The summed E-state index contributed by atoms with van der Waals surface area (Å²) in [5.74, 6) is 2.13. The van der Waals surface area contributed by atoms with Gasteiger partial charge in [0.2, 0.25) is 5.95 Å². The van der Waals surface area contributed by atoms with Crippen molar-refractivity contribution in [3.63, 3.8) is 0 Å². The van der Waals surface area contributed by atoms with Gasteiger partial charge in [-0.15, -0.1) is 0 Å². The Morgan fingerprint density at radius 3 is 2.57 bits per heavy atom. The lowest BCUT2D eigenvalue weighted by Crippen LogP contribution is -2.15. The molecule has 0 bridgehead atoms. The third-order valence-corrected chi connectivity index (χ3v) is 3.93. The molecule has 1 aromatic carbocycles. The molecule has 0 saturated carbocycles. The Kier molecular flexibility index (Phi) is 4.18. The first-order valence-corrected chi connectivity index (χ1v) is 7.85. The second-order valence-corrected chi connectivity index (χ2v) is 5.52. The summed E-state index contributed by atoms with van der Waals surface area (Å²) in [5.41, 5.74) is 7.98. The largest absolute Gasteiger partial charge is 0.486 e. The minimum atomic E-state index is 0.572. The number of hydrogen-bond donors (Lipinski definition) is 1. The minimum Gasteiger partial charge on any atom is -0.486 e. The SMILES string of the molecule is CCCCCCCn1c(N)nc2cc3c(cc21)OCCO3. The van der Waals surface area contributed by atoms with Gasteiger partial charge < -0.3 is 19.8 Å². The van der Waals surface area contributed by atoms with Gasteiger partial charge in [0.25, 0.3) is 0 Å². The number of nitrogens with zero attached hydrogens (tertiary/aromatic N) is 2. The number of anilines is 1. The van der Waals surface area contributed by atoms with Crippen molar-refractivity contribution >= 4 is 17.0 Å². The van der Waals surface area contributed by atoms with Crippen LogP contribution in [0.25, 0.3) is 11.0 Å². The maximum absolute atomic E-state index is 6.06. The first kappa shape index (κ1) is 14.0. The van der Waals surface area contributed by atoms with E-state index in [2.05, 4.69) is 16.5 Å². The zero-order valence-electron chi connectivity index (χ0n) is 12.6. The number of hydrogen-bond acceptors (Lipinski definition) is 4. The van der Waals surface area contributed by atoms with Gasteiger partial charge in [-0.25, -0.2) is 4.98 Å². The van der Waals surface area contributed by atoms with Gasteiger partial charge in [0.15, 0.2) is 11.5 Å². The number of benzene rings is 1. The molecule has 1 aromatic heterocycles. The monoisotopic (exact) mass is 289 g/mol. The summed E-state index contributed by atoms with van der Waals surface area (Å²) in [6.07, 6.45) is 6.22. The predicted octanol–water partition coefficient (Wildman–Crippen LogP) is 3.36. The van der Waals surface area contributed by atoms with Crippen LogP contribution < -0.4 is 15.2 Å². The summed E-state index contributed by atoms with van der Waals surface area (Å²) >= 11 is 0. The van der Waals surface area contributed by atoms with Crippen LogP contribution in [0.3, 0.4) is 0 Å². The van der Waals surface area contributed by atoms with Crippen LogP contribution in [0.5, 0.6) is 11.5 Å². The molecule has 114 valence electrons. The molecule has 3 rings (SSSR count). The summed E-state index contributed by atoms with van der Waals surface area (Å²) in [4.78, 5) is 4.44. The molecule has 1 aliphatic rings. The van der Waals surface area contributed by atoms with Gasteiger partial charge in [-0.2, -0.15) is 0 Å². The van der Waals surface area contributed by atoms with E-state index in [4.69, 9.17) is 15.2 Å². The molecule has 2 heterocycles. The molecule has 5 nitrogen and oxygen atoms in total. The standard InChI is InChI=1S/C16H23N3O2/c1-2-3-4-5-6-7-19-13-11-15-14(20-8-9-21-15)10-12(13)18-16(19)17/h10-11H,2-9H2,1H3,(H2,17,18). The summed E-state index contributed by atoms with van der Waals surface area (Å²) < 4.78 is 13.3. The number of rotatable bonds is 6. The van der Waals surface area contributed by atoms with Crippen LogP contribution in [0.2, 0.25) is 0 Å². The summed E-state index contributed by atoms with van der Waals surface area (Å²) in [6, 6.07) is 3.92. The first-order valence-electron chi connectivity index (χ1n) is 7.85. The van der Waals surface area contributed by atoms with Gasteiger partial charge in [-0.05, 0) is 6.42 Å². The van der Waals surface area contributed by atoms with Crippen molar-refractivity contribution < 1.29 is 9.47 Å². The maximum Gasteiger partial charge on any atom is 0.201 e. The molecule has 1 aliphatic heterocycles. The van der Waals surface area contributed by atoms with E-state index in [-0.39, 0.29) is 0 Å². The third kappa shape index (κ3) is 2.91. The number of ether oxygens (including phenoxy) is 2. The Morgan fingerprint density at radius 1 is 1.10 bits per heavy atom. The fraction of sp³-hybridized carbons (Fsp3) is 0.562. The lowest BCUT2D eigenvalue weighted by molar-refractivity contribution is 0.172. The molecule has 21 heavy (non-hydrogen) atoms. The number of unbranched alkanes of at least 4 members (excludes halogenated alkanes) is 4. The van der Waals surface area contributed by atoms with Crippen LogP contribution >= 0.6 is 0 Å². The highest BCUT2D eigenvalue weighted by Gasteiger charge is 2.16. The Balaban J connectivity index is 1.79. The van der Waals surface area contributed by atoms with Gasteiger partial charge in [-0.1, -0.05) is 32.6 Å². The molecule has 2 aromatic rings. The number of fused-ring (bicyclic) bond motifs is 2. The highest BCUT2D eigenvalue weighted by molar-refractivity contribution is 5.82. The van der Waals surface area contributed by atoms with Gasteiger partial charge in [-0.3, -0.25) is 0 Å². The second-order valence-electron chi connectivity index (χ2n) is 5.52. The van der Waals surface area contributed by atoms with E-state index >= 15 is 0 Å². The van der Waals surface area contributed by atoms with Crippen molar-refractivity contribution in [3.05, 3.63) is 12.1 Å². The molecule has 0 spiro atoms. The summed E-state index contributed by atoms with van der Waals surface area (Å²) in [6.45, 7) is 4.32. The zero-order valence-corrected chi connectivity index (χ0v) is 12.6. The Morgan fingerprint density at radius 2 is 1.81 bits per heavy atom. The van der Waals surface area contributed by atoms with E-state index in [1.807, 2.05) is 12.1 Å². The molecule has 0 unspecified atom stereocenters. The van der Waals surface area contributed by atoms with Crippen LogP contribution in [-0.2, 0) is 6.54 Å². The van der Waals surface area contributed by atoms with Crippen molar-refractivity contribution in [2.45, 2.75) is 45.6 Å². The number of imidazole rings is 1. The molecule has 0 amide bonds. The van der Waals surface area contributed by atoms with Gasteiger partial charge in [0.1, 0.15) is 13.2 Å². The molecule has 0 saturated heterocycles. The molecule has 0 aliphatic carbocycles. The summed E-state index contributed by atoms with van der Waals surface area (Å²) in [5, 5.41) is 0. The van der Waals surface area contributed by atoms with Gasteiger partial charge in [0.05, 0.1) is 11.0 Å². The van der Waals surface area contributed by atoms with Crippen LogP contribution in [0.1, 0.15) is 39.0 Å². The highest BCUT2D eigenvalue weighted by atomic mass is 16.6. The van der Waals surface area contributed by atoms with E-state index in [9.17, 15) is 0 Å². The molecule has 0 radical (unpaired) electrons. The fourth-order valence-corrected chi connectivity index (χ4v) is 2.79. The van der Waals surface area contributed by atoms with Crippen LogP contribution in [0.15, 0.2) is 12.1 Å². The maximum atomic E-state index is 6.06. The minimum absolute atomic E-state index is 0.572. The number of aromatic nitrogens is 2. The number of aryl methyl sites for hydroxylation is 1. The number of nitrogen functional groups attached to an aromatic ring is 1. The molecule has 0 atom stereocenters. The van der Waals surface area contributed by atoms with Crippen molar-refractivity contribution in [3.8, 4) is 11.5 Å². The smallest absolute Gasteiger partial charge is 0.201 e. The Bertz CT molecular complexity index is 621. The van der Waals surface area contributed by atoms with Gasteiger partial charge >= 0.3 is 0 Å². The van der Waals surface area contributed by atoms with Crippen molar-refractivity contribution in [1.29, 1.82) is 0 Å². The fourth-order valence-electron chi connectivity index (χ4n) is 2.79. The Hall–Kier alpha value is -1.91. The van der Waals surface area contributed by atoms with E-state index < -0.39 is 0 Å². The molecular weight excluding hydrogens is 266 g/mol. The van der Waals surface area contributed by atoms with E-state index in [0.717, 1.165) is 35.5 Å². The zero-order chi connectivity index (χ0) is 14.7.